The minimum atomic E-state index is -1.20. The van der Waals surface area contributed by atoms with Gasteiger partial charge in [-0.2, -0.15) is 0 Å². The fourth-order valence-corrected chi connectivity index (χ4v) is 0.726. The number of H-pyrrole nitrogens is 1. The molecule has 0 atom stereocenters. The number of nitrogens with one attached hydrogen (secondary N) is 1. The summed E-state index contributed by atoms with van der Waals surface area (Å²) in [6, 6.07) is 1.09. The van der Waals surface area contributed by atoms with Crippen LogP contribution in [0.25, 0.3) is 0 Å². The summed E-state index contributed by atoms with van der Waals surface area (Å²) in [5.74, 6) is -1.88. The Morgan fingerprint density at radius 1 is 1.67 bits per heavy atom. The number of hydrogen-bond donors (Lipinski definition) is 2. The normalized spacial score (nSPS) is 9.25. The molecule has 6 nitrogen and oxygen atoms in total. The molecule has 1 radical (unpaired) electrons. The van der Waals surface area contributed by atoms with Crippen LogP contribution in [0.5, 0.6) is 0 Å². The van der Waals surface area contributed by atoms with Crippen molar-refractivity contribution in [2.24, 2.45) is 0 Å². The number of nitrogens with zero attached hydrogens (tertiary/aromatic N) is 1. The standard InChI is InChI=1S/C5H4N2O4.Al/c8-4(9)2-1-3(5(10)11)7-6-2;/h1H,(H,6,7)(H,8,9)(H,10,11);/q;+2/p-1. The van der Waals surface area contributed by atoms with Crippen LogP contribution in [-0.4, -0.2) is 43.9 Å². The molecule has 0 saturated carbocycles. The van der Waals surface area contributed by atoms with Crippen LogP contribution in [0.1, 0.15) is 21.0 Å². The molecule has 0 aliphatic carbocycles. The molecule has 1 aromatic rings. The number of rotatable bonds is 2. The number of carbonyl (C=O) groups excluding carboxylic acids is 1. The van der Waals surface area contributed by atoms with Crippen LogP contribution in [0, 0.1) is 0 Å². The molecule has 0 saturated heterocycles. The second-order valence-electron chi connectivity index (χ2n) is 1.88. The van der Waals surface area contributed by atoms with Gasteiger partial charge in [0, 0.05) is 0 Å². The number of carbonyl (C=O) groups is 2. The molecule has 1 aromatic heterocycles. The second kappa shape index (κ2) is 3.39. The van der Waals surface area contributed by atoms with E-state index in [2.05, 4.69) is 14.0 Å². The number of aromatic amines is 1. The first kappa shape index (κ1) is 8.78. The summed E-state index contributed by atoms with van der Waals surface area (Å²) in [6.07, 6.45) is 0. The summed E-state index contributed by atoms with van der Waals surface area (Å²) in [7, 11) is 0. The van der Waals surface area contributed by atoms with E-state index in [0.717, 1.165) is 6.07 Å². The summed E-state index contributed by atoms with van der Waals surface area (Å²) in [5, 5.41) is 14.0. The molecule has 0 unspecified atom stereocenters. The second-order valence-corrected chi connectivity index (χ2v) is 2.11. The zero-order chi connectivity index (χ0) is 9.14. The zero-order valence-corrected chi connectivity index (χ0v) is 6.93. The van der Waals surface area contributed by atoms with E-state index in [1.807, 2.05) is 0 Å². The van der Waals surface area contributed by atoms with Crippen LogP contribution < -0.4 is 0 Å². The van der Waals surface area contributed by atoms with E-state index in [0.29, 0.717) is 0 Å². The maximum absolute atomic E-state index is 10.7. The average molecular weight is 182 g/mol. The van der Waals surface area contributed by atoms with Gasteiger partial charge in [-0.25, -0.2) is 0 Å². The molecular weight excluding hydrogens is 179 g/mol. The molecule has 59 valence electrons. The Labute approximate surface area is 75.3 Å². The monoisotopic (exact) mass is 182 g/mol. The van der Waals surface area contributed by atoms with Crippen LogP contribution in [0.4, 0.5) is 0 Å². The van der Waals surface area contributed by atoms with Crippen LogP contribution in [0.2, 0.25) is 0 Å². The Morgan fingerprint density at radius 3 is 2.75 bits per heavy atom. The molecular formula is C5H3AlN2O4+. The summed E-state index contributed by atoms with van der Waals surface area (Å²) >= 11 is 1.76. The van der Waals surface area contributed by atoms with Gasteiger partial charge in [0.15, 0.2) is 0 Å². The third-order valence-corrected chi connectivity index (χ3v) is 1.34. The van der Waals surface area contributed by atoms with Crippen molar-refractivity contribution in [3.63, 3.8) is 0 Å². The van der Waals surface area contributed by atoms with Crippen molar-refractivity contribution in [3.05, 3.63) is 17.5 Å². The predicted molar refractivity (Wildman–Crippen MR) is 36.7 cm³/mol. The van der Waals surface area contributed by atoms with Crippen molar-refractivity contribution < 1.29 is 18.5 Å². The molecule has 0 bridgehead atoms. The number of aromatic nitrogens is 2. The van der Waals surface area contributed by atoms with E-state index in [1.165, 1.54) is 0 Å². The van der Waals surface area contributed by atoms with Crippen molar-refractivity contribution in [2.75, 3.05) is 0 Å². The van der Waals surface area contributed by atoms with Gasteiger partial charge in [0.1, 0.15) is 0 Å². The van der Waals surface area contributed by atoms with Gasteiger partial charge in [-0.05, 0) is 0 Å². The SMILES string of the molecule is O=C(O)c1cc(C(=O)[O][Al+])[nH]n1. The number of carboxylic acids is 1. The molecule has 12 heavy (non-hydrogen) atoms. The quantitative estimate of drug-likeness (QED) is 0.592. The van der Waals surface area contributed by atoms with Crippen molar-refractivity contribution >= 4 is 28.6 Å². The summed E-state index contributed by atoms with van der Waals surface area (Å²) < 4.78 is 4.24. The van der Waals surface area contributed by atoms with E-state index >= 15 is 0 Å². The topological polar surface area (TPSA) is 92.3 Å². The predicted octanol–water partition coefficient (Wildman–Crippen LogP) is -0.652. The molecule has 0 aliphatic rings. The summed E-state index contributed by atoms with van der Waals surface area (Å²) in [4.78, 5) is 21.0. The molecule has 7 heteroatoms. The fourth-order valence-electron chi connectivity index (χ4n) is 0.599. The Bertz CT molecular complexity index is 321. The Balaban J connectivity index is 2.91. The van der Waals surface area contributed by atoms with E-state index in [4.69, 9.17) is 5.11 Å². The van der Waals surface area contributed by atoms with E-state index in [9.17, 15) is 9.59 Å². The number of hydrogen-bond acceptors (Lipinski definition) is 4. The van der Waals surface area contributed by atoms with Crippen LogP contribution >= 0.6 is 0 Å². The van der Waals surface area contributed by atoms with Crippen LogP contribution in [-0.2, 0) is 3.79 Å². The van der Waals surface area contributed by atoms with Gasteiger partial charge in [-0.1, -0.05) is 0 Å². The molecule has 0 spiro atoms. The van der Waals surface area contributed by atoms with Crippen molar-refractivity contribution in [3.8, 4) is 0 Å². The van der Waals surface area contributed by atoms with E-state index in [1.54, 1.807) is 16.6 Å². The zero-order valence-electron chi connectivity index (χ0n) is 5.77. The fraction of sp³-hybridized carbons (Fsp3) is 0. The molecule has 1 heterocycles. The van der Waals surface area contributed by atoms with Crippen molar-refractivity contribution in [1.29, 1.82) is 0 Å². The maximum atomic E-state index is 10.7. The molecule has 0 amide bonds. The Kier molecular flexibility index (Phi) is 2.48. The number of carboxylic acid groups (broad SMARTS) is 1. The van der Waals surface area contributed by atoms with Crippen LogP contribution in [0.15, 0.2) is 6.07 Å². The number of aromatic carboxylic acids is 1. The van der Waals surface area contributed by atoms with Gasteiger partial charge in [0.25, 0.3) is 0 Å². The van der Waals surface area contributed by atoms with Gasteiger partial charge in [-0.3, -0.25) is 0 Å². The minimum absolute atomic E-state index is 0.00222. The summed E-state index contributed by atoms with van der Waals surface area (Å²) in [5.41, 5.74) is -0.220. The van der Waals surface area contributed by atoms with E-state index < -0.39 is 11.9 Å². The van der Waals surface area contributed by atoms with Crippen LogP contribution in [0.3, 0.4) is 0 Å². The molecule has 2 N–H and O–H groups in total. The molecule has 1 rings (SSSR count). The first-order valence-corrected chi connectivity index (χ1v) is 3.32. The third-order valence-electron chi connectivity index (χ3n) is 1.12. The Morgan fingerprint density at radius 2 is 2.33 bits per heavy atom. The van der Waals surface area contributed by atoms with Crippen molar-refractivity contribution in [2.45, 2.75) is 0 Å². The Hall–Kier alpha value is -1.32. The van der Waals surface area contributed by atoms with Gasteiger partial charge < -0.3 is 0 Å². The first-order valence-electron chi connectivity index (χ1n) is 2.85. The summed E-state index contributed by atoms with van der Waals surface area (Å²) in [6.45, 7) is 0. The van der Waals surface area contributed by atoms with E-state index in [-0.39, 0.29) is 11.4 Å². The molecule has 0 fully saturated rings. The third kappa shape index (κ3) is 1.64. The van der Waals surface area contributed by atoms with Gasteiger partial charge in [0.2, 0.25) is 0 Å². The van der Waals surface area contributed by atoms with Gasteiger partial charge >= 0.3 is 74.7 Å². The van der Waals surface area contributed by atoms with Gasteiger partial charge in [-0.15, -0.1) is 0 Å². The molecule has 0 aromatic carbocycles. The first-order chi connectivity index (χ1) is 5.65. The average Bonchev–Trinajstić information content (AvgIpc) is 2.51. The molecule has 0 aliphatic heterocycles. The van der Waals surface area contributed by atoms with Gasteiger partial charge in [0.05, 0.1) is 0 Å². The van der Waals surface area contributed by atoms with Crippen molar-refractivity contribution in [1.82, 2.24) is 10.2 Å².